The molecule has 0 amide bonds. The van der Waals surface area contributed by atoms with Gasteiger partial charge in [-0.05, 0) is 38.9 Å². The first-order valence-electron chi connectivity index (χ1n) is 6.96. The Morgan fingerprint density at radius 2 is 2.11 bits per heavy atom. The van der Waals surface area contributed by atoms with Gasteiger partial charge < -0.3 is 19.7 Å². The van der Waals surface area contributed by atoms with E-state index >= 15 is 0 Å². The van der Waals surface area contributed by atoms with Gasteiger partial charge in [0.1, 0.15) is 5.75 Å². The molecule has 1 heterocycles. The minimum absolute atomic E-state index is 0.430. The van der Waals surface area contributed by atoms with E-state index in [1.165, 1.54) is 19.3 Å². The number of ether oxygens (including phenoxy) is 1. The van der Waals surface area contributed by atoms with E-state index in [0.717, 1.165) is 13.0 Å². The van der Waals surface area contributed by atoms with Gasteiger partial charge in [-0.25, -0.2) is 0 Å². The Hall–Kier alpha value is -1.04. The van der Waals surface area contributed by atoms with Crippen LogP contribution in [0.3, 0.4) is 0 Å². The van der Waals surface area contributed by atoms with E-state index < -0.39 is 7.12 Å². The lowest BCUT2D eigenvalue weighted by Gasteiger charge is -2.32. The number of rotatable bonds is 5. The molecular weight excluding hydrogens is 241 g/mol. The first-order valence-corrected chi connectivity index (χ1v) is 6.96. The van der Waals surface area contributed by atoms with E-state index in [4.69, 9.17) is 4.74 Å². The summed E-state index contributed by atoms with van der Waals surface area (Å²) in [7, 11) is 0.684. The molecule has 0 saturated carbocycles. The molecule has 1 unspecified atom stereocenters. The normalized spacial score (nSPS) is 20.3. The van der Waals surface area contributed by atoms with Gasteiger partial charge in [0, 0.05) is 11.5 Å². The van der Waals surface area contributed by atoms with Gasteiger partial charge in [-0.15, -0.1) is 0 Å². The van der Waals surface area contributed by atoms with E-state index in [2.05, 4.69) is 11.9 Å². The molecule has 1 aliphatic rings. The summed E-state index contributed by atoms with van der Waals surface area (Å²) >= 11 is 0. The van der Waals surface area contributed by atoms with Gasteiger partial charge in [0.2, 0.25) is 0 Å². The van der Waals surface area contributed by atoms with Gasteiger partial charge in [-0.1, -0.05) is 24.6 Å². The maximum Gasteiger partial charge on any atom is 0.492 e. The minimum Gasteiger partial charge on any atom is -0.494 e. The smallest absolute Gasteiger partial charge is 0.492 e. The number of para-hydroxylation sites is 1. The molecule has 2 N–H and O–H groups in total. The fourth-order valence-electron chi connectivity index (χ4n) is 2.64. The van der Waals surface area contributed by atoms with E-state index in [9.17, 15) is 10.0 Å². The third-order valence-corrected chi connectivity index (χ3v) is 3.83. The van der Waals surface area contributed by atoms with Crippen molar-refractivity contribution in [1.29, 1.82) is 0 Å². The Labute approximate surface area is 115 Å². The molecule has 0 spiro atoms. The van der Waals surface area contributed by atoms with E-state index in [-0.39, 0.29) is 0 Å². The van der Waals surface area contributed by atoms with Crippen LogP contribution in [0.25, 0.3) is 0 Å². The largest absolute Gasteiger partial charge is 0.494 e. The van der Waals surface area contributed by atoms with Crippen LogP contribution >= 0.6 is 0 Å². The second-order valence-electron chi connectivity index (χ2n) is 5.18. The SMILES string of the molecule is CN1CCCCC1CCOc1ccccc1B(O)O. The Bertz CT molecular complexity index is 400. The van der Waals surface area contributed by atoms with Crippen LogP contribution in [0.15, 0.2) is 24.3 Å². The van der Waals surface area contributed by atoms with Crippen LogP contribution in [-0.2, 0) is 0 Å². The number of hydrogen-bond acceptors (Lipinski definition) is 4. The first kappa shape index (κ1) is 14.4. The number of likely N-dealkylation sites (tertiary alicyclic amines) is 1. The van der Waals surface area contributed by atoms with Crippen LogP contribution in [0, 0.1) is 0 Å². The predicted octanol–water partition coefficient (Wildman–Crippen LogP) is 0.620. The van der Waals surface area contributed by atoms with Crippen molar-refractivity contribution < 1.29 is 14.8 Å². The topological polar surface area (TPSA) is 52.9 Å². The van der Waals surface area contributed by atoms with Gasteiger partial charge in [0.25, 0.3) is 0 Å². The van der Waals surface area contributed by atoms with Crippen LogP contribution in [0.2, 0.25) is 0 Å². The van der Waals surface area contributed by atoms with Gasteiger partial charge in [-0.3, -0.25) is 0 Å². The molecule has 1 aromatic rings. The van der Waals surface area contributed by atoms with Gasteiger partial charge >= 0.3 is 7.12 Å². The second-order valence-corrected chi connectivity index (χ2v) is 5.18. The maximum atomic E-state index is 9.26. The summed E-state index contributed by atoms with van der Waals surface area (Å²) < 4.78 is 5.70. The highest BCUT2D eigenvalue weighted by Crippen LogP contribution is 2.18. The first-order chi connectivity index (χ1) is 9.18. The summed E-state index contributed by atoms with van der Waals surface area (Å²) in [4.78, 5) is 2.39. The Kier molecular flexibility index (Phi) is 5.25. The molecule has 0 radical (unpaired) electrons. The molecular formula is C14H22BNO3. The van der Waals surface area contributed by atoms with Gasteiger partial charge in [0.05, 0.1) is 6.61 Å². The highest BCUT2D eigenvalue weighted by Gasteiger charge is 2.20. The molecule has 1 aliphatic heterocycles. The standard InChI is InChI=1S/C14H22BNO3/c1-16-10-5-4-6-12(16)9-11-19-14-8-3-2-7-13(14)15(17)18/h2-3,7-8,12,17-18H,4-6,9-11H2,1H3. The minimum atomic E-state index is -1.48. The van der Waals surface area contributed by atoms with Crippen LogP contribution in [0.5, 0.6) is 5.75 Å². The monoisotopic (exact) mass is 263 g/mol. The highest BCUT2D eigenvalue weighted by molar-refractivity contribution is 6.59. The summed E-state index contributed by atoms with van der Waals surface area (Å²) in [6.07, 6.45) is 4.78. The van der Waals surface area contributed by atoms with E-state index in [1.807, 2.05) is 6.07 Å². The average molecular weight is 263 g/mol. The molecule has 104 valence electrons. The van der Waals surface area contributed by atoms with Crippen molar-refractivity contribution in [3.8, 4) is 5.75 Å². The summed E-state index contributed by atoms with van der Waals surface area (Å²) in [5, 5.41) is 18.5. The van der Waals surface area contributed by atoms with Gasteiger partial charge in [-0.2, -0.15) is 0 Å². The Morgan fingerprint density at radius 1 is 1.32 bits per heavy atom. The quantitative estimate of drug-likeness (QED) is 0.765. The Morgan fingerprint density at radius 3 is 2.84 bits per heavy atom. The highest BCUT2D eigenvalue weighted by atomic mass is 16.5. The number of benzene rings is 1. The fraction of sp³-hybridized carbons (Fsp3) is 0.571. The molecule has 1 saturated heterocycles. The zero-order valence-corrected chi connectivity index (χ0v) is 11.5. The van der Waals surface area contributed by atoms with Crippen molar-refractivity contribution >= 4 is 12.6 Å². The molecule has 19 heavy (non-hydrogen) atoms. The van der Waals surface area contributed by atoms with Crippen molar-refractivity contribution in [2.75, 3.05) is 20.2 Å². The zero-order valence-electron chi connectivity index (χ0n) is 11.5. The molecule has 1 atom stereocenters. The zero-order chi connectivity index (χ0) is 13.7. The van der Waals surface area contributed by atoms with E-state index in [0.29, 0.717) is 23.9 Å². The lowest BCUT2D eigenvalue weighted by Crippen LogP contribution is -2.37. The van der Waals surface area contributed by atoms with Crippen LogP contribution in [-0.4, -0.2) is 48.3 Å². The van der Waals surface area contributed by atoms with Crippen LogP contribution in [0.4, 0.5) is 0 Å². The molecule has 1 aromatic carbocycles. The van der Waals surface area contributed by atoms with Crippen molar-refractivity contribution in [2.24, 2.45) is 0 Å². The molecule has 4 nitrogen and oxygen atoms in total. The van der Waals surface area contributed by atoms with Crippen molar-refractivity contribution in [3.63, 3.8) is 0 Å². The summed E-state index contributed by atoms with van der Waals surface area (Å²) in [6, 6.07) is 7.65. The summed E-state index contributed by atoms with van der Waals surface area (Å²) in [5.74, 6) is 0.566. The van der Waals surface area contributed by atoms with E-state index in [1.54, 1.807) is 18.2 Å². The molecule has 2 rings (SSSR count). The predicted molar refractivity (Wildman–Crippen MR) is 76.6 cm³/mol. The van der Waals surface area contributed by atoms with Crippen molar-refractivity contribution in [1.82, 2.24) is 4.90 Å². The number of piperidine rings is 1. The fourth-order valence-corrected chi connectivity index (χ4v) is 2.64. The van der Waals surface area contributed by atoms with Crippen molar-refractivity contribution in [2.45, 2.75) is 31.7 Å². The second kappa shape index (κ2) is 6.94. The van der Waals surface area contributed by atoms with Crippen LogP contribution in [0.1, 0.15) is 25.7 Å². The summed E-state index contributed by atoms with van der Waals surface area (Å²) in [6.45, 7) is 1.77. The number of nitrogens with zero attached hydrogens (tertiary/aromatic N) is 1. The Balaban J connectivity index is 1.85. The summed E-state index contributed by atoms with van der Waals surface area (Å²) in [5.41, 5.74) is 0.430. The maximum absolute atomic E-state index is 9.26. The van der Waals surface area contributed by atoms with Gasteiger partial charge in [0.15, 0.2) is 0 Å². The average Bonchev–Trinajstić information content (AvgIpc) is 2.41. The van der Waals surface area contributed by atoms with Crippen LogP contribution < -0.4 is 10.2 Å². The third-order valence-electron chi connectivity index (χ3n) is 3.83. The molecule has 0 bridgehead atoms. The molecule has 0 aromatic heterocycles. The molecule has 5 heteroatoms. The van der Waals surface area contributed by atoms with Crippen molar-refractivity contribution in [3.05, 3.63) is 24.3 Å². The number of hydrogen-bond donors (Lipinski definition) is 2. The third kappa shape index (κ3) is 3.96. The lowest BCUT2D eigenvalue weighted by atomic mass is 9.79. The lowest BCUT2D eigenvalue weighted by molar-refractivity contribution is 0.153. The molecule has 0 aliphatic carbocycles. The molecule has 1 fully saturated rings.